The molecule has 1 N–H and O–H groups in total. The summed E-state index contributed by atoms with van der Waals surface area (Å²) < 4.78 is 5.32. The maximum atomic E-state index is 11.8. The van der Waals surface area contributed by atoms with Crippen molar-refractivity contribution in [1.29, 1.82) is 0 Å². The number of unbranched alkanes of at least 4 members (excludes halogenated alkanes) is 1. The molecule has 0 aliphatic rings. The fourth-order valence-corrected chi connectivity index (χ4v) is 3.10. The molecule has 0 bridgehead atoms. The van der Waals surface area contributed by atoms with E-state index >= 15 is 0 Å². The lowest BCUT2D eigenvalue weighted by Crippen LogP contribution is -2.26. The number of hydrogen-bond donors (Lipinski definition) is 1. The van der Waals surface area contributed by atoms with Crippen molar-refractivity contribution in [3.8, 4) is 10.7 Å². The van der Waals surface area contributed by atoms with Gasteiger partial charge in [-0.2, -0.15) is 0 Å². The van der Waals surface area contributed by atoms with E-state index in [1.165, 1.54) is 24.2 Å². The topological polar surface area (TPSA) is 64.1 Å². The van der Waals surface area contributed by atoms with Gasteiger partial charge in [0.15, 0.2) is 0 Å². The Kier molecular flexibility index (Phi) is 7.68. The summed E-state index contributed by atoms with van der Waals surface area (Å²) in [7, 11) is 0. The van der Waals surface area contributed by atoms with Crippen LogP contribution in [0.2, 0.25) is 0 Å². The molecule has 2 rings (SSSR count). The highest BCUT2D eigenvalue weighted by Crippen LogP contribution is 2.21. The Morgan fingerprint density at radius 1 is 1.38 bits per heavy atom. The molecule has 0 spiro atoms. The Morgan fingerprint density at radius 3 is 2.96 bits per heavy atom. The van der Waals surface area contributed by atoms with Gasteiger partial charge < -0.3 is 10.1 Å². The summed E-state index contributed by atoms with van der Waals surface area (Å²) in [6, 6.07) is 5.73. The van der Waals surface area contributed by atoms with Crippen LogP contribution in [0.3, 0.4) is 0 Å². The molecule has 1 atom stereocenters. The molecule has 6 heteroatoms. The van der Waals surface area contributed by atoms with E-state index in [4.69, 9.17) is 4.74 Å². The van der Waals surface area contributed by atoms with Crippen LogP contribution in [0.4, 0.5) is 4.79 Å². The van der Waals surface area contributed by atoms with Crippen molar-refractivity contribution in [3.63, 3.8) is 0 Å². The van der Waals surface area contributed by atoms with Gasteiger partial charge in [0.05, 0.1) is 24.5 Å². The Labute approximate surface area is 147 Å². The molecule has 2 heterocycles. The number of nitrogens with zero attached hydrogens (tertiary/aromatic N) is 2. The second-order valence-corrected chi connectivity index (χ2v) is 6.59. The molecule has 24 heavy (non-hydrogen) atoms. The van der Waals surface area contributed by atoms with Crippen LogP contribution in [0, 0.1) is 5.92 Å². The molecule has 0 aliphatic heterocycles. The number of nitrogens with one attached hydrogen (secondary N) is 1. The maximum absolute atomic E-state index is 11.8. The van der Waals surface area contributed by atoms with Crippen LogP contribution in [0.15, 0.2) is 29.8 Å². The third-order valence-corrected chi connectivity index (χ3v) is 4.76. The summed E-state index contributed by atoms with van der Waals surface area (Å²) in [4.78, 5) is 20.6. The van der Waals surface area contributed by atoms with E-state index in [1.54, 1.807) is 6.20 Å². The first kappa shape index (κ1) is 18.4. The first-order chi connectivity index (χ1) is 11.7. The molecular weight excluding hydrogens is 322 g/mol. The van der Waals surface area contributed by atoms with Crippen molar-refractivity contribution in [1.82, 2.24) is 15.3 Å². The van der Waals surface area contributed by atoms with Crippen LogP contribution in [0.25, 0.3) is 10.7 Å². The van der Waals surface area contributed by atoms with Crippen molar-refractivity contribution in [2.45, 2.75) is 46.1 Å². The van der Waals surface area contributed by atoms with Crippen LogP contribution >= 0.6 is 11.3 Å². The lowest BCUT2D eigenvalue weighted by Gasteiger charge is -2.14. The number of carbonyl (C=O) groups is 1. The minimum atomic E-state index is -0.377. The van der Waals surface area contributed by atoms with Gasteiger partial charge >= 0.3 is 6.09 Å². The first-order valence-corrected chi connectivity index (χ1v) is 9.37. The van der Waals surface area contributed by atoms with Gasteiger partial charge in [-0.3, -0.25) is 4.98 Å². The van der Waals surface area contributed by atoms with Gasteiger partial charge in [0.25, 0.3) is 0 Å². The summed E-state index contributed by atoms with van der Waals surface area (Å²) >= 11 is 1.52. The molecule has 2 aromatic rings. The average Bonchev–Trinajstić information content (AvgIpc) is 3.10. The highest BCUT2D eigenvalue weighted by molar-refractivity contribution is 7.13. The van der Waals surface area contributed by atoms with Crippen molar-refractivity contribution < 1.29 is 9.53 Å². The highest BCUT2D eigenvalue weighted by atomic mass is 32.1. The van der Waals surface area contributed by atoms with E-state index < -0.39 is 0 Å². The second-order valence-electron chi connectivity index (χ2n) is 5.73. The summed E-state index contributed by atoms with van der Waals surface area (Å²) in [5, 5.41) is 5.55. The summed E-state index contributed by atoms with van der Waals surface area (Å²) in [6.45, 7) is 5.16. The molecule has 5 nitrogen and oxygen atoms in total. The Balaban J connectivity index is 1.75. The van der Waals surface area contributed by atoms with Crippen LogP contribution in [0.5, 0.6) is 0 Å². The third-order valence-electron chi connectivity index (χ3n) is 3.84. The minimum absolute atomic E-state index is 0.369. The highest BCUT2D eigenvalue weighted by Gasteiger charge is 2.11. The number of ether oxygens (including phenoxy) is 1. The Morgan fingerprint density at radius 2 is 2.25 bits per heavy atom. The van der Waals surface area contributed by atoms with Gasteiger partial charge in [0, 0.05) is 11.6 Å². The fraction of sp³-hybridized carbons (Fsp3) is 0.500. The zero-order valence-corrected chi connectivity index (χ0v) is 15.1. The molecule has 0 aliphatic carbocycles. The average molecular weight is 347 g/mol. The van der Waals surface area contributed by atoms with E-state index in [-0.39, 0.29) is 6.09 Å². The number of thiazole rings is 1. The molecule has 0 saturated carbocycles. The van der Waals surface area contributed by atoms with Crippen molar-refractivity contribution >= 4 is 17.4 Å². The molecule has 0 radical (unpaired) electrons. The lowest BCUT2D eigenvalue weighted by atomic mass is 10.0. The molecule has 1 unspecified atom stereocenters. The van der Waals surface area contributed by atoms with Crippen molar-refractivity contribution in [3.05, 3.63) is 35.5 Å². The van der Waals surface area contributed by atoms with Crippen LogP contribution in [-0.2, 0) is 11.3 Å². The maximum Gasteiger partial charge on any atom is 0.407 e. The number of carbonyl (C=O) groups excluding carboxylic acids is 1. The molecule has 0 saturated heterocycles. The van der Waals surface area contributed by atoms with Gasteiger partial charge in [0.2, 0.25) is 0 Å². The second kappa shape index (κ2) is 10.0. The van der Waals surface area contributed by atoms with Gasteiger partial charge in [-0.1, -0.05) is 39.2 Å². The SMILES string of the molecule is CCCCC(CC)COC(=O)NCc1csc(-c2ccccn2)n1. The Hall–Kier alpha value is -1.95. The van der Waals surface area contributed by atoms with E-state index in [9.17, 15) is 4.79 Å². The van der Waals surface area contributed by atoms with Crippen molar-refractivity contribution in [2.75, 3.05) is 6.61 Å². The molecule has 0 fully saturated rings. The predicted octanol–water partition coefficient (Wildman–Crippen LogP) is 4.65. The molecule has 2 aromatic heterocycles. The summed E-state index contributed by atoms with van der Waals surface area (Å²) in [5.41, 5.74) is 1.66. The van der Waals surface area contributed by atoms with Gasteiger partial charge in [-0.05, 0) is 24.5 Å². The standard InChI is InChI=1S/C18H25N3O2S/c1-3-5-8-14(4-2)12-23-18(22)20-11-15-13-24-17(21-15)16-9-6-7-10-19-16/h6-7,9-10,13-14H,3-5,8,11-12H2,1-2H3,(H,20,22). The van der Waals surface area contributed by atoms with E-state index in [0.717, 1.165) is 29.2 Å². The third kappa shape index (κ3) is 5.92. The minimum Gasteiger partial charge on any atom is -0.449 e. The van der Waals surface area contributed by atoms with E-state index in [0.29, 0.717) is 19.1 Å². The number of pyridine rings is 1. The summed E-state index contributed by atoms with van der Waals surface area (Å²) in [5.74, 6) is 0.450. The van der Waals surface area contributed by atoms with E-state index in [2.05, 4.69) is 29.1 Å². The Bertz CT molecular complexity index is 616. The monoisotopic (exact) mass is 347 g/mol. The zero-order chi connectivity index (χ0) is 17.2. The van der Waals surface area contributed by atoms with Gasteiger partial charge in [0.1, 0.15) is 5.01 Å². The first-order valence-electron chi connectivity index (χ1n) is 8.49. The zero-order valence-electron chi connectivity index (χ0n) is 14.3. The smallest absolute Gasteiger partial charge is 0.407 e. The number of hydrogen-bond acceptors (Lipinski definition) is 5. The number of alkyl carbamates (subject to hydrolysis) is 1. The van der Waals surface area contributed by atoms with Crippen LogP contribution < -0.4 is 5.32 Å². The molecule has 0 aromatic carbocycles. The van der Waals surface area contributed by atoms with Crippen molar-refractivity contribution in [2.24, 2.45) is 5.92 Å². The molecule has 130 valence electrons. The number of rotatable bonds is 9. The number of amides is 1. The van der Waals surface area contributed by atoms with E-state index in [1.807, 2.05) is 23.6 Å². The normalized spacial score (nSPS) is 11.9. The fourth-order valence-electron chi connectivity index (χ4n) is 2.30. The quantitative estimate of drug-likeness (QED) is 0.717. The lowest BCUT2D eigenvalue weighted by molar-refractivity contribution is 0.122. The number of aromatic nitrogens is 2. The molecular formula is C18H25N3O2S. The van der Waals surface area contributed by atoms with Gasteiger partial charge in [-0.15, -0.1) is 11.3 Å². The molecule has 1 amide bonds. The summed E-state index contributed by atoms with van der Waals surface area (Å²) in [6.07, 6.45) is 5.86. The van der Waals surface area contributed by atoms with Crippen LogP contribution in [-0.4, -0.2) is 22.7 Å². The van der Waals surface area contributed by atoms with Crippen LogP contribution in [0.1, 0.15) is 45.2 Å². The largest absolute Gasteiger partial charge is 0.449 e. The van der Waals surface area contributed by atoms with Gasteiger partial charge in [-0.25, -0.2) is 9.78 Å². The predicted molar refractivity (Wildman–Crippen MR) is 96.8 cm³/mol.